The largest absolute Gasteiger partial charge is 0.285 e. The van der Waals surface area contributed by atoms with Gasteiger partial charge in [0.2, 0.25) is 0 Å². The minimum absolute atomic E-state index is 0.439. The monoisotopic (exact) mass is 335 g/mol. The van der Waals surface area contributed by atoms with Gasteiger partial charge in [-0.05, 0) is 43.3 Å². The number of hydrogen-bond acceptors (Lipinski definition) is 2. The zero-order valence-corrected chi connectivity index (χ0v) is 14.1. The number of benzene rings is 3. The number of carbonyl (C=O) groups is 1. The van der Waals surface area contributed by atoms with Crippen LogP contribution in [0.1, 0.15) is 15.9 Å². The van der Waals surface area contributed by atoms with Crippen molar-refractivity contribution in [1.29, 1.82) is 0 Å². The lowest BCUT2D eigenvalue weighted by Gasteiger charge is -2.10. The van der Waals surface area contributed by atoms with Crippen LogP contribution in [0, 0.1) is 6.92 Å². The van der Waals surface area contributed by atoms with Gasteiger partial charge >= 0.3 is 0 Å². The molecule has 0 aromatic heterocycles. The summed E-state index contributed by atoms with van der Waals surface area (Å²) in [5, 5.41) is 0. The SMILES string of the molecule is Cc1cccc(C(=O)N=S(=O)(c2ccccc2)c2ccccc2)c1. The van der Waals surface area contributed by atoms with E-state index in [1.54, 1.807) is 66.7 Å². The van der Waals surface area contributed by atoms with E-state index in [0.717, 1.165) is 5.56 Å². The predicted molar refractivity (Wildman–Crippen MR) is 95.5 cm³/mol. The van der Waals surface area contributed by atoms with Crippen molar-refractivity contribution in [3.63, 3.8) is 0 Å². The number of carbonyl (C=O) groups excluding carboxylic acids is 1. The molecule has 0 saturated carbocycles. The third kappa shape index (κ3) is 3.29. The summed E-state index contributed by atoms with van der Waals surface area (Å²) in [6, 6.07) is 25.0. The summed E-state index contributed by atoms with van der Waals surface area (Å²) >= 11 is 0. The molecule has 0 spiro atoms. The molecule has 0 atom stereocenters. The van der Waals surface area contributed by atoms with Crippen molar-refractivity contribution in [3.05, 3.63) is 96.1 Å². The van der Waals surface area contributed by atoms with Crippen molar-refractivity contribution in [3.8, 4) is 0 Å². The molecule has 0 N–H and O–H groups in total. The van der Waals surface area contributed by atoms with Gasteiger partial charge in [0.15, 0.2) is 0 Å². The van der Waals surface area contributed by atoms with Crippen LogP contribution in [-0.2, 0) is 9.73 Å². The van der Waals surface area contributed by atoms with Crippen molar-refractivity contribution >= 4 is 15.6 Å². The average Bonchev–Trinajstić information content (AvgIpc) is 2.63. The summed E-state index contributed by atoms with van der Waals surface area (Å²) in [4.78, 5) is 13.7. The first kappa shape index (κ1) is 16.1. The Morgan fingerprint density at radius 1 is 0.792 bits per heavy atom. The Labute approximate surface area is 142 Å². The van der Waals surface area contributed by atoms with Crippen LogP contribution in [0.25, 0.3) is 0 Å². The van der Waals surface area contributed by atoms with Gasteiger partial charge in [-0.1, -0.05) is 54.1 Å². The van der Waals surface area contributed by atoms with E-state index < -0.39 is 15.6 Å². The van der Waals surface area contributed by atoms with Gasteiger partial charge in [-0.25, -0.2) is 4.21 Å². The summed E-state index contributed by atoms with van der Waals surface area (Å²) in [5.74, 6) is -0.476. The van der Waals surface area contributed by atoms with E-state index in [2.05, 4.69) is 4.36 Å². The van der Waals surface area contributed by atoms with Crippen LogP contribution in [0.3, 0.4) is 0 Å². The summed E-state index contributed by atoms with van der Waals surface area (Å²) in [6.07, 6.45) is 0. The predicted octanol–water partition coefficient (Wildman–Crippen LogP) is 4.72. The van der Waals surface area contributed by atoms with Crippen LogP contribution >= 0.6 is 0 Å². The molecule has 3 nitrogen and oxygen atoms in total. The summed E-state index contributed by atoms with van der Waals surface area (Å²) in [7, 11) is -3.03. The van der Waals surface area contributed by atoms with E-state index in [-0.39, 0.29) is 0 Å². The van der Waals surface area contributed by atoms with E-state index in [1.807, 2.05) is 25.1 Å². The highest BCUT2D eigenvalue weighted by Crippen LogP contribution is 2.24. The highest BCUT2D eigenvalue weighted by molar-refractivity contribution is 7.94. The smallest absolute Gasteiger partial charge is 0.266 e. The molecule has 0 aliphatic rings. The molecule has 0 aliphatic heterocycles. The van der Waals surface area contributed by atoms with Crippen molar-refractivity contribution < 1.29 is 9.00 Å². The molecule has 1 amide bonds. The lowest BCUT2D eigenvalue weighted by atomic mass is 10.1. The minimum atomic E-state index is -3.03. The number of aryl methyl sites for hydroxylation is 1. The van der Waals surface area contributed by atoms with Crippen LogP contribution in [-0.4, -0.2) is 10.1 Å². The topological polar surface area (TPSA) is 46.5 Å². The van der Waals surface area contributed by atoms with Crippen molar-refractivity contribution in [2.75, 3.05) is 0 Å². The molecular weight excluding hydrogens is 318 g/mol. The second-order valence-corrected chi connectivity index (χ2v) is 7.59. The van der Waals surface area contributed by atoms with Gasteiger partial charge in [0.25, 0.3) is 5.91 Å². The molecule has 0 saturated heterocycles. The number of hydrogen-bond donors (Lipinski definition) is 0. The maximum absolute atomic E-state index is 13.7. The number of amides is 1. The minimum Gasteiger partial charge on any atom is -0.266 e. The average molecular weight is 335 g/mol. The van der Waals surface area contributed by atoms with E-state index in [1.165, 1.54) is 0 Å². The maximum atomic E-state index is 13.7. The molecule has 3 aromatic carbocycles. The first-order chi connectivity index (χ1) is 11.6. The second-order valence-electron chi connectivity index (χ2n) is 5.42. The van der Waals surface area contributed by atoms with Gasteiger partial charge in [-0.2, -0.15) is 0 Å². The summed E-state index contributed by atoms with van der Waals surface area (Å²) in [6.45, 7) is 1.91. The molecular formula is C20H17NO2S. The highest BCUT2D eigenvalue weighted by atomic mass is 32.2. The third-order valence-electron chi connectivity index (χ3n) is 3.60. The highest BCUT2D eigenvalue weighted by Gasteiger charge is 2.18. The van der Waals surface area contributed by atoms with Crippen LogP contribution in [0.2, 0.25) is 0 Å². The molecule has 0 bridgehead atoms. The van der Waals surface area contributed by atoms with E-state index >= 15 is 0 Å². The summed E-state index contributed by atoms with van der Waals surface area (Å²) < 4.78 is 17.8. The van der Waals surface area contributed by atoms with Gasteiger partial charge in [0.1, 0.15) is 9.73 Å². The Bertz CT molecular complexity index is 927. The van der Waals surface area contributed by atoms with Gasteiger partial charge in [0, 0.05) is 5.56 Å². The Hall–Kier alpha value is -2.72. The van der Waals surface area contributed by atoms with Gasteiger partial charge in [-0.3, -0.25) is 4.79 Å². The first-order valence-electron chi connectivity index (χ1n) is 7.58. The zero-order chi connectivity index (χ0) is 17.0. The molecule has 120 valence electrons. The van der Waals surface area contributed by atoms with E-state index in [4.69, 9.17) is 0 Å². The Kier molecular flexibility index (Phi) is 4.58. The van der Waals surface area contributed by atoms with Crippen molar-refractivity contribution in [2.24, 2.45) is 4.36 Å². The van der Waals surface area contributed by atoms with Crippen LogP contribution in [0.15, 0.2) is 99.1 Å². The molecule has 3 rings (SSSR count). The zero-order valence-electron chi connectivity index (χ0n) is 13.3. The van der Waals surface area contributed by atoms with Gasteiger partial charge in [0.05, 0.1) is 9.79 Å². The normalized spacial score (nSPS) is 11.0. The van der Waals surface area contributed by atoms with Gasteiger partial charge in [-0.15, -0.1) is 4.36 Å². The fourth-order valence-corrected chi connectivity index (χ4v) is 4.27. The molecule has 3 aromatic rings. The maximum Gasteiger partial charge on any atom is 0.285 e. The molecule has 0 heterocycles. The van der Waals surface area contributed by atoms with E-state index in [9.17, 15) is 9.00 Å². The fraction of sp³-hybridized carbons (Fsp3) is 0.0500. The number of rotatable bonds is 3. The molecule has 0 fully saturated rings. The lowest BCUT2D eigenvalue weighted by molar-refractivity contribution is 0.100. The number of nitrogens with zero attached hydrogens (tertiary/aromatic N) is 1. The second kappa shape index (κ2) is 6.81. The Morgan fingerprint density at radius 2 is 1.33 bits per heavy atom. The first-order valence-corrected chi connectivity index (χ1v) is 9.09. The summed E-state index contributed by atoms with van der Waals surface area (Å²) in [5.41, 5.74) is 1.40. The van der Waals surface area contributed by atoms with Crippen molar-refractivity contribution in [1.82, 2.24) is 0 Å². The van der Waals surface area contributed by atoms with E-state index in [0.29, 0.717) is 15.4 Å². The molecule has 24 heavy (non-hydrogen) atoms. The molecule has 0 aliphatic carbocycles. The van der Waals surface area contributed by atoms with Crippen molar-refractivity contribution in [2.45, 2.75) is 16.7 Å². The quantitative estimate of drug-likeness (QED) is 0.695. The van der Waals surface area contributed by atoms with Gasteiger partial charge < -0.3 is 0 Å². The Balaban J connectivity index is 2.19. The Morgan fingerprint density at radius 3 is 1.83 bits per heavy atom. The van der Waals surface area contributed by atoms with Crippen LogP contribution in [0.5, 0.6) is 0 Å². The third-order valence-corrected chi connectivity index (χ3v) is 5.85. The van der Waals surface area contributed by atoms with Crippen LogP contribution in [0.4, 0.5) is 0 Å². The fourth-order valence-electron chi connectivity index (χ4n) is 2.40. The standard InChI is InChI=1S/C20H17NO2S/c1-16-9-8-10-17(15-16)20(22)21-24(23,18-11-4-2-5-12-18)19-13-6-3-7-14-19/h2-15H,1H3. The molecule has 0 radical (unpaired) electrons. The van der Waals surface area contributed by atoms with Crippen LogP contribution < -0.4 is 0 Å². The molecule has 4 heteroatoms. The molecule has 0 unspecified atom stereocenters. The lowest BCUT2D eigenvalue weighted by Crippen LogP contribution is -2.06.